The maximum absolute atomic E-state index is 12.3. The number of aryl methyl sites for hydroxylation is 3. The molecule has 29 heavy (non-hydrogen) atoms. The van der Waals surface area contributed by atoms with Crippen LogP contribution in [0, 0.1) is 13.8 Å². The van der Waals surface area contributed by atoms with E-state index in [4.69, 9.17) is 4.98 Å². The van der Waals surface area contributed by atoms with Crippen LogP contribution in [-0.2, 0) is 11.2 Å². The van der Waals surface area contributed by atoms with Crippen LogP contribution in [0.25, 0.3) is 10.6 Å². The molecule has 0 bridgehead atoms. The van der Waals surface area contributed by atoms with Crippen LogP contribution in [0.2, 0.25) is 0 Å². The van der Waals surface area contributed by atoms with Gasteiger partial charge in [0.2, 0.25) is 11.9 Å². The van der Waals surface area contributed by atoms with Crippen molar-refractivity contribution in [2.45, 2.75) is 39.2 Å². The van der Waals surface area contributed by atoms with Gasteiger partial charge in [-0.15, -0.1) is 11.3 Å². The number of thiazole rings is 1. The number of rotatable bonds is 6. The molecule has 8 nitrogen and oxygen atoms in total. The van der Waals surface area contributed by atoms with Crippen molar-refractivity contribution in [2.75, 3.05) is 18.0 Å². The van der Waals surface area contributed by atoms with Crippen molar-refractivity contribution in [1.29, 1.82) is 0 Å². The molecule has 1 aliphatic heterocycles. The minimum Gasteiger partial charge on any atom is -0.352 e. The molecule has 0 radical (unpaired) electrons. The van der Waals surface area contributed by atoms with Crippen LogP contribution in [-0.4, -0.2) is 50.0 Å². The van der Waals surface area contributed by atoms with Gasteiger partial charge >= 0.3 is 0 Å². The zero-order chi connectivity index (χ0) is 20.2. The molecule has 3 aromatic heterocycles. The zero-order valence-electron chi connectivity index (χ0n) is 16.5. The molecule has 1 amide bonds. The van der Waals surface area contributed by atoms with Gasteiger partial charge in [-0.25, -0.2) is 15.0 Å². The molecule has 9 heteroatoms. The summed E-state index contributed by atoms with van der Waals surface area (Å²) in [4.78, 5) is 37.4. The molecule has 0 aromatic carbocycles. The summed E-state index contributed by atoms with van der Waals surface area (Å²) in [7, 11) is 0. The Bertz CT molecular complexity index is 992. The molecular weight excluding hydrogens is 386 g/mol. The summed E-state index contributed by atoms with van der Waals surface area (Å²) in [5, 5.41) is 4.15. The predicted octanol–water partition coefficient (Wildman–Crippen LogP) is 2.33. The van der Waals surface area contributed by atoms with Crippen molar-refractivity contribution in [1.82, 2.24) is 30.2 Å². The fraction of sp³-hybridized carbons (Fsp3) is 0.400. The number of nitrogens with zero attached hydrogens (tertiary/aromatic N) is 6. The molecule has 1 N–H and O–H groups in total. The van der Waals surface area contributed by atoms with E-state index in [0.717, 1.165) is 39.9 Å². The first-order valence-corrected chi connectivity index (χ1v) is 10.5. The number of hydrogen-bond donors (Lipinski definition) is 1. The molecule has 4 heterocycles. The summed E-state index contributed by atoms with van der Waals surface area (Å²) < 4.78 is 0. The van der Waals surface area contributed by atoms with Gasteiger partial charge in [0.05, 0.1) is 27.0 Å². The van der Waals surface area contributed by atoms with Gasteiger partial charge in [-0.3, -0.25) is 14.8 Å². The van der Waals surface area contributed by atoms with Crippen molar-refractivity contribution in [2.24, 2.45) is 0 Å². The minimum absolute atomic E-state index is 0.0351. The van der Waals surface area contributed by atoms with Crippen LogP contribution in [0.4, 0.5) is 5.95 Å². The Balaban J connectivity index is 1.34. The molecule has 1 atom stereocenters. The van der Waals surface area contributed by atoms with E-state index in [0.29, 0.717) is 25.3 Å². The Morgan fingerprint density at radius 1 is 1.24 bits per heavy atom. The molecule has 1 fully saturated rings. The second-order valence-corrected chi connectivity index (χ2v) is 8.29. The summed E-state index contributed by atoms with van der Waals surface area (Å²) in [5.41, 5.74) is 2.72. The topological polar surface area (TPSA) is 96.8 Å². The van der Waals surface area contributed by atoms with Crippen LogP contribution >= 0.6 is 11.3 Å². The van der Waals surface area contributed by atoms with Gasteiger partial charge in [0, 0.05) is 50.3 Å². The second kappa shape index (κ2) is 8.60. The van der Waals surface area contributed by atoms with Gasteiger partial charge in [0.15, 0.2) is 0 Å². The third-order valence-electron chi connectivity index (χ3n) is 4.84. The number of hydrogen-bond acceptors (Lipinski definition) is 8. The summed E-state index contributed by atoms with van der Waals surface area (Å²) in [6, 6.07) is 2.02. The van der Waals surface area contributed by atoms with Gasteiger partial charge < -0.3 is 10.2 Å². The van der Waals surface area contributed by atoms with E-state index in [1.165, 1.54) is 0 Å². The van der Waals surface area contributed by atoms with Gasteiger partial charge in [0.25, 0.3) is 0 Å². The molecule has 1 unspecified atom stereocenters. The Labute approximate surface area is 173 Å². The maximum Gasteiger partial charge on any atom is 0.225 e. The number of carbonyl (C=O) groups excluding carboxylic acids is 1. The zero-order valence-corrected chi connectivity index (χ0v) is 17.3. The lowest BCUT2D eigenvalue weighted by atomic mass is 10.2. The Morgan fingerprint density at radius 2 is 2.14 bits per heavy atom. The number of amides is 1. The van der Waals surface area contributed by atoms with E-state index in [9.17, 15) is 4.79 Å². The molecule has 0 aliphatic carbocycles. The molecule has 0 spiro atoms. The van der Waals surface area contributed by atoms with Crippen molar-refractivity contribution in [3.63, 3.8) is 0 Å². The number of aromatic nitrogens is 5. The first-order chi connectivity index (χ1) is 14.1. The van der Waals surface area contributed by atoms with Crippen LogP contribution < -0.4 is 10.2 Å². The summed E-state index contributed by atoms with van der Waals surface area (Å²) in [5.74, 6) is 0.734. The van der Waals surface area contributed by atoms with E-state index >= 15 is 0 Å². The van der Waals surface area contributed by atoms with Gasteiger partial charge in [-0.1, -0.05) is 0 Å². The highest BCUT2D eigenvalue weighted by Crippen LogP contribution is 2.29. The normalized spacial score (nSPS) is 16.2. The highest BCUT2D eigenvalue weighted by atomic mass is 32.1. The van der Waals surface area contributed by atoms with Crippen molar-refractivity contribution in [3.05, 3.63) is 47.2 Å². The van der Waals surface area contributed by atoms with Crippen molar-refractivity contribution in [3.8, 4) is 10.6 Å². The largest absolute Gasteiger partial charge is 0.352 e. The van der Waals surface area contributed by atoms with E-state index in [-0.39, 0.29) is 11.9 Å². The van der Waals surface area contributed by atoms with E-state index in [2.05, 4.69) is 30.2 Å². The quantitative estimate of drug-likeness (QED) is 0.667. The number of carbonyl (C=O) groups is 1. The first-order valence-electron chi connectivity index (χ1n) is 9.65. The summed E-state index contributed by atoms with van der Waals surface area (Å²) in [6.07, 6.45) is 8.64. The third kappa shape index (κ3) is 4.73. The standard InChI is InChI=1S/C20H23N7OS/c1-13-19(29-14(2)24-13)17-5-7-23-20(26-17)27-10-6-16(12-27)25-18(28)4-3-15-11-21-8-9-22-15/h5,7-9,11,16H,3-4,6,10,12H2,1-2H3,(H,25,28). The molecular formula is C20H23N7OS. The second-order valence-electron chi connectivity index (χ2n) is 7.09. The van der Waals surface area contributed by atoms with E-state index < -0.39 is 0 Å². The Kier molecular flexibility index (Phi) is 5.75. The van der Waals surface area contributed by atoms with Crippen LogP contribution in [0.5, 0.6) is 0 Å². The molecule has 150 valence electrons. The average molecular weight is 410 g/mol. The summed E-state index contributed by atoms with van der Waals surface area (Å²) >= 11 is 1.64. The average Bonchev–Trinajstić information content (AvgIpc) is 3.33. The van der Waals surface area contributed by atoms with E-state index in [1.54, 1.807) is 36.1 Å². The highest BCUT2D eigenvalue weighted by molar-refractivity contribution is 7.15. The Hall–Kier alpha value is -2.94. The lowest BCUT2D eigenvalue weighted by Gasteiger charge is -2.17. The number of nitrogens with one attached hydrogen (secondary N) is 1. The minimum atomic E-state index is 0.0351. The highest BCUT2D eigenvalue weighted by Gasteiger charge is 2.26. The van der Waals surface area contributed by atoms with Gasteiger partial charge in [-0.2, -0.15) is 0 Å². The molecule has 3 aromatic rings. The molecule has 4 rings (SSSR count). The molecule has 0 saturated carbocycles. The monoisotopic (exact) mass is 409 g/mol. The molecule has 1 aliphatic rings. The van der Waals surface area contributed by atoms with Crippen LogP contribution in [0.3, 0.4) is 0 Å². The Morgan fingerprint density at radius 3 is 2.90 bits per heavy atom. The lowest BCUT2D eigenvalue weighted by Crippen LogP contribution is -2.37. The predicted molar refractivity (Wildman–Crippen MR) is 112 cm³/mol. The van der Waals surface area contributed by atoms with Crippen molar-refractivity contribution < 1.29 is 4.79 Å². The SMILES string of the molecule is Cc1nc(C)c(-c2ccnc(N3CCC(NC(=O)CCc4cnccn4)C3)n2)s1. The van der Waals surface area contributed by atoms with Gasteiger partial charge in [-0.05, 0) is 32.8 Å². The molecule has 1 saturated heterocycles. The maximum atomic E-state index is 12.3. The lowest BCUT2D eigenvalue weighted by molar-refractivity contribution is -0.121. The van der Waals surface area contributed by atoms with Gasteiger partial charge in [0.1, 0.15) is 0 Å². The first kappa shape index (κ1) is 19.4. The summed E-state index contributed by atoms with van der Waals surface area (Å²) in [6.45, 7) is 5.53. The number of anilines is 1. The van der Waals surface area contributed by atoms with Crippen LogP contribution in [0.15, 0.2) is 30.9 Å². The van der Waals surface area contributed by atoms with Crippen molar-refractivity contribution >= 4 is 23.2 Å². The third-order valence-corrected chi connectivity index (χ3v) is 5.94. The smallest absolute Gasteiger partial charge is 0.225 e. The fourth-order valence-electron chi connectivity index (χ4n) is 3.46. The van der Waals surface area contributed by atoms with E-state index in [1.807, 2.05) is 19.9 Å². The van der Waals surface area contributed by atoms with Crippen LogP contribution in [0.1, 0.15) is 29.2 Å². The fourth-order valence-corrected chi connectivity index (χ4v) is 4.35.